The smallest absolute Gasteiger partial charge is 0.161 e. The molecule has 88 valence electrons. The average molecular weight is 292 g/mol. The number of rotatable bonds is 2. The predicted molar refractivity (Wildman–Crippen MR) is 73.7 cm³/mol. The number of aromatic nitrogens is 2. The first-order valence-corrected chi connectivity index (χ1v) is 6.30. The fraction of sp³-hybridized carbons (Fsp3) is 0.231. The van der Waals surface area contributed by atoms with Crippen LogP contribution in [0.1, 0.15) is 18.2 Å². The zero-order chi connectivity index (χ0) is 12.4. The van der Waals surface area contributed by atoms with Gasteiger partial charge in [-0.2, -0.15) is 0 Å². The van der Waals surface area contributed by atoms with Crippen LogP contribution in [0.4, 0.5) is 5.82 Å². The second-order valence-corrected chi connectivity index (χ2v) is 4.78. The summed E-state index contributed by atoms with van der Waals surface area (Å²) in [6.07, 6.45) is 0.861. The second-order valence-electron chi connectivity index (χ2n) is 3.87. The summed E-state index contributed by atoms with van der Waals surface area (Å²) in [7, 11) is 0. The molecule has 0 spiro atoms. The van der Waals surface area contributed by atoms with E-state index in [-0.39, 0.29) is 0 Å². The molecule has 0 aliphatic rings. The van der Waals surface area contributed by atoms with Crippen LogP contribution in [0.15, 0.2) is 28.7 Å². The van der Waals surface area contributed by atoms with E-state index in [1.54, 1.807) is 0 Å². The van der Waals surface area contributed by atoms with Gasteiger partial charge in [0.15, 0.2) is 5.82 Å². The lowest BCUT2D eigenvalue weighted by molar-refractivity contribution is 0.982. The Kier molecular flexibility index (Phi) is 3.43. The van der Waals surface area contributed by atoms with Crippen LogP contribution in [0.3, 0.4) is 0 Å². The van der Waals surface area contributed by atoms with Crippen molar-refractivity contribution in [3.05, 3.63) is 40.0 Å². The van der Waals surface area contributed by atoms with Crippen LogP contribution < -0.4 is 5.73 Å². The Morgan fingerprint density at radius 2 is 2.06 bits per heavy atom. The zero-order valence-corrected chi connectivity index (χ0v) is 11.5. The van der Waals surface area contributed by atoms with Crippen LogP contribution in [-0.2, 0) is 6.42 Å². The third kappa shape index (κ3) is 2.47. The first kappa shape index (κ1) is 12.0. The van der Waals surface area contributed by atoms with Crippen molar-refractivity contribution in [1.29, 1.82) is 0 Å². The lowest BCUT2D eigenvalue weighted by Crippen LogP contribution is -2.04. The summed E-state index contributed by atoms with van der Waals surface area (Å²) in [4.78, 5) is 8.89. The highest BCUT2D eigenvalue weighted by molar-refractivity contribution is 9.10. The van der Waals surface area contributed by atoms with Gasteiger partial charge in [0.05, 0.1) is 0 Å². The van der Waals surface area contributed by atoms with Crippen LogP contribution >= 0.6 is 15.9 Å². The molecule has 3 nitrogen and oxygen atoms in total. The van der Waals surface area contributed by atoms with Gasteiger partial charge in [0, 0.05) is 21.3 Å². The molecule has 2 N–H and O–H groups in total. The molecule has 0 atom stereocenters. The highest BCUT2D eigenvalue weighted by Crippen LogP contribution is 2.23. The molecule has 0 fully saturated rings. The van der Waals surface area contributed by atoms with Crippen LogP contribution in [-0.4, -0.2) is 9.97 Å². The van der Waals surface area contributed by atoms with E-state index >= 15 is 0 Å². The third-order valence-corrected chi connectivity index (χ3v) is 3.20. The SMILES string of the molecule is CCc1nc(-c2cccc(Br)c2)nc(N)c1C. The number of aryl methyl sites for hydroxylation is 1. The highest BCUT2D eigenvalue weighted by Gasteiger charge is 2.09. The highest BCUT2D eigenvalue weighted by atomic mass is 79.9. The van der Waals surface area contributed by atoms with Crippen LogP contribution in [0, 0.1) is 6.92 Å². The molecule has 0 aliphatic carbocycles. The van der Waals surface area contributed by atoms with Crippen molar-refractivity contribution in [1.82, 2.24) is 9.97 Å². The van der Waals surface area contributed by atoms with Crippen LogP contribution in [0.5, 0.6) is 0 Å². The summed E-state index contributed by atoms with van der Waals surface area (Å²) in [5.74, 6) is 1.25. The van der Waals surface area contributed by atoms with Crippen molar-refractivity contribution < 1.29 is 0 Å². The van der Waals surface area contributed by atoms with Gasteiger partial charge in [0.2, 0.25) is 0 Å². The first-order valence-electron chi connectivity index (χ1n) is 5.50. The number of anilines is 1. The van der Waals surface area contributed by atoms with Crippen molar-refractivity contribution in [2.75, 3.05) is 5.73 Å². The molecule has 0 amide bonds. The minimum absolute atomic E-state index is 0.562. The molecule has 1 aromatic carbocycles. The normalized spacial score (nSPS) is 10.5. The second kappa shape index (κ2) is 4.84. The van der Waals surface area contributed by atoms with Gasteiger partial charge < -0.3 is 5.73 Å². The maximum atomic E-state index is 5.91. The molecular formula is C13H14BrN3. The van der Waals surface area contributed by atoms with Gasteiger partial charge in [0.1, 0.15) is 5.82 Å². The van der Waals surface area contributed by atoms with E-state index in [2.05, 4.69) is 32.8 Å². The maximum Gasteiger partial charge on any atom is 0.161 e. The molecule has 0 radical (unpaired) electrons. The topological polar surface area (TPSA) is 51.8 Å². The van der Waals surface area contributed by atoms with Gasteiger partial charge in [0.25, 0.3) is 0 Å². The van der Waals surface area contributed by atoms with Crippen LogP contribution in [0.2, 0.25) is 0 Å². The average Bonchev–Trinajstić information content (AvgIpc) is 2.32. The Bertz CT molecular complexity index is 552. The van der Waals surface area contributed by atoms with E-state index in [4.69, 9.17) is 5.73 Å². The third-order valence-electron chi connectivity index (χ3n) is 2.70. The number of halogens is 1. The van der Waals surface area contributed by atoms with E-state index in [9.17, 15) is 0 Å². The summed E-state index contributed by atoms with van der Waals surface area (Å²) >= 11 is 3.44. The number of nitrogens with two attached hydrogens (primary N) is 1. The summed E-state index contributed by atoms with van der Waals surface area (Å²) in [5, 5.41) is 0. The van der Waals surface area contributed by atoms with Crippen LogP contribution in [0.25, 0.3) is 11.4 Å². The van der Waals surface area contributed by atoms with Gasteiger partial charge in [-0.05, 0) is 25.5 Å². The van der Waals surface area contributed by atoms with E-state index in [1.807, 2.05) is 31.2 Å². The van der Waals surface area contributed by atoms with Crippen molar-refractivity contribution >= 4 is 21.7 Å². The molecule has 4 heteroatoms. The molecular weight excluding hydrogens is 278 g/mol. The standard InChI is InChI=1S/C13H14BrN3/c1-3-11-8(2)12(15)17-13(16-11)9-5-4-6-10(14)7-9/h4-7H,3H2,1-2H3,(H2,15,16,17). The van der Waals surface area contributed by atoms with E-state index < -0.39 is 0 Å². The molecule has 0 saturated carbocycles. The lowest BCUT2D eigenvalue weighted by atomic mass is 10.1. The molecule has 0 bridgehead atoms. The molecule has 1 heterocycles. The predicted octanol–water partition coefficient (Wildman–Crippen LogP) is 3.36. The van der Waals surface area contributed by atoms with Crippen molar-refractivity contribution in [2.24, 2.45) is 0 Å². The van der Waals surface area contributed by atoms with Gasteiger partial charge in [-0.3, -0.25) is 0 Å². The molecule has 1 aromatic heterocycles. The minimum Gasteiger partial charge on any atom is -0.383 e. The number of nitrogen functional groups attached to an aromatic ring is 1. The van der Waals surface area contributed by atoms with Crippen molar-refractivity contribution in [3.63, 3.8) is 0 Å². The molecule has 0 aliphatic heterocycles. The molecule has 0 saturated heterocycles. The van der Waals surface area contributed by atoms with Crippen molar-refractivity contribution in [3.8, 4) is 11.4 Å². The Morgan fingerprint density at radius 3 is 2.71 bits per heavy atom. The fourth-order valence-electron chi connectivity index (χ4n) is 1.68. The van der Waals surface area contributed by atoms with Gasteiger partial charge >= 0.3 is 0 Å². The van der Waals surface area contributed by atoms with Gasteiger partial charge in [-0.1, -0.05) is 35.0 Å². The van der Waals surface area contributed by atoms with Gasteiger partial charge in [-0.25, -0.2) is 9.97 Å². The fourth-order valence-corrected chi connectivity index (χ4v) is 2.08. The summed E-state index contributed by atoms with van der Waals surface area (Å²) in [6.45, 7) is 4.03. The zero-order valence-electron chi connectivity index (χ0n) is 9.87. The minimum atomic E-state index is 0.562. The largest absolute Gasteiger partial charge is 0.383 e. The van der Waals surface area contributed by atoms with Crippen molar-refractivity contribution in [2.45, 2.75) is 20.3 Å². The summed E-state index contributed by atoms with van der Waals surface area (Å²) in [5.41, 5.74) is 8.87. The van der Waals surface area contributed by atoms with E-state index in [0.717, 1.165) is 27.7 Å². The number of hydrogen-bond donors (Lipinski definition) is 1. The Hall–Kier alpha value is -1.42. The molecule has 0 unspecified atom stereocenters. The number of hydrogen-bond acceptors (Lipinski definition) is 3. The lowest BCUT2D eigenvalue weighted by Gasteiger charge is -2.08. The quantitative estimate of drug-likeness (QED) is 0.923. The Morgan fingerprint density at radius 1 is 1.29 bits per heavy atom. The molecule has 2 aromatic rings. The Labute approximate surface area is 109 Å². The van der Waals surface area contributed by atoms with Gasteiger partial charge in [-0.15, -0.1) is 0 Å². The number of nitrogens with zero attached hydrogens (tertiary/aromatic N) is 2. The van der Waals surface area contributed by atoms with E-state index in [0.29, 0.717) is 11.6 Å². The molecule has 2 rings (SSSR count). The Balaban J connectivity index is 2.56. The van der Waals surface area contributed by atoms with E-state index in [1.165, 1.54) is 0 Å². The molecule has 17 heavy (non-hydrogen) atoms. The summed E-state index contributed by atoms with van der Waals surface area (Å²) in [6, 6.07) is 7.91. The summed E-state index contributed by atoms with van der Waals surface area (Å²) < 4.78 is 1.01. The maximum absolute atomic E-state index is 5.91. The first-order chi connectivity index (χ1) is 8.11. The number of benzene rings is 1. The monoisotopic (exact) mass is 291 g/mol.